The van der Waals surface area contributed by atoms with Gasteiger partial charge in [-0.15, -0.1) is 0 Å². The van der Waals surface area contributed by atoms with Crippen LogP contribution >= 0.6 is 0 Å². The Morgan fingerprint density at radius 2 is 1.63 bits per heavy atom. The van der Waals surface area contributed by atoms with Crippen LogP contribution in [0.1, 0.15) is 36.6 Å². The number of phenolic OH excluding ortho intramolecular Hbond substituents is 1. The monoisotopic (exact) mass is 473 g/mol. The molecule has 1 fully saturated rings. The first-order valence-corrected chi connectivity index (χ1v) is 11.4. The van der Waals surface area contributed by atoms with Crippen LogP contribution in [0, 0.1) is 6.92 Å². The predicted molar refractivity (Wildman–Crippen MR) is 133 cm³/mol. The molecule has 0 bridgehead atoms. The zero-order valence-electron chi connectivity index (χ0n) is 19.8. The molecule has 2 N–H and O–H groups in total. The number of benzene rings is 3. The minimum Gasteiger partial charge on any atom is -0.507 e. The maximum atomic E-state index is 13.4. The highest BCUT2D eigenvalue weighted by atomic mass is 16.5. The van der Waals surface area contributed by atoms with E-state index in [2.05, 4.69) is 0 Å². The molecular formula is C28H27NO6. The van der Waals surface area contributed by atoms with E-state index in [0.29, 0.717) is 30.3 Å². The van der Waals surface area contributed by atoms with Crippen molar-refractivity contribution < 1.29 is 29.3 Å². The number of hydrogen-bond donors (Lipinski definition) is 2. The summed E-state index contributed by atoms with van der Waals surface area (Å²) < 4.78 is 11.3. The number of para-hydroxylation sites is 2. The van der Waals surface area contributed by atoms with E-state index in [1.54, 1.807) is 48.5 Å². The van der Waals surface area contributed by atoms with Gasteiger partial charge in [-0.1, -0.05) is 36.4 Å². The highest BCUT2D eigenvalue weighted by molar-refractivity contribution is 6.52. The summed E-state index contributed by atoms with van der Waals surface area (Å²) in [6, 6.07) is 17.6. The number of Topliss-reactive ketones (excluding diaryl/α,β-unsaturated/α-hetero) is 1. The quantitative estimate of drug-likeness (QED) is 0.281. The third kappa shape index (κ3) is 4.33. The molecule has 1 amide bonds. The Morgan fingerprint density at radius 3 is 2.31 bits per heavy atom. The highest BCUT2D eigenvalue weighted by Crippen LogP contribution is 2.46. The van der Waals surface area contributed by atoms with Gasteiger partial charge in [-0.2, -0.15) is 0 Å². The second-order valence-electron chi connectivity index (χ2n) is 8.04. The number of ketones is 1. The predicted octanol–water partition coefficient (Wildman–Crippen LogP) is 5.12. The Hall–Kier alpha value is -4.26. The molecule has 7 nitrogen and oxygen atoms in total. The maximum Gasteiger partial charge on any atom is 0.300 e. The summed E-state index contributed by atoms with van der Waals surface area (Å²) in [7, 11) is 0. The number of carbonyl (C=O) groups excluding carboxylic acids is 2. The lowest BCUT2D eigenvalue weighted by atomic mass is 9.92. The van der Waals surface area contributed by atoms with E-state index in [9.17, 15) is 19.8 Å². The topological polar surface area (TPSA) is 96.3 Å². The summed E-state index contributed by atoms with van der Waals surface area (Å²) in [5, 5.41) is 22.0. The van der Waals surface area contributed by atoms with Crippen molar-refractivity contribution in [3.63, 3.8) is 0 Å². The van der Waals surface area contributed by atoms with Gasteiger partial charge in [0, 0.05) is 6.07 Å². The number of aliphatic hydroxyl groups excluding tert-OH is 1. The first-order chi connectivity index (χ1) is 16.9. The number of phenols is 1. The summed E-state index contributed by atoms with van der Waals surface area (Å²) in [6.07, 6.45) is 0. The van der Waals surface area contributed by atoms with Gasteiger partial charge in [0.2, 0.25) is 0 Å². The number of hydrogen-bond acceptors (Lipinski definition) is 6. The fourth-order valence-corrected chi connectivity index (χ4v) is 4.31. The number of aliphatic hydroxyl groups is 1. The molecule has 3 aromatic rings. The van der Waals surface area contributed by atoms with Gasteiger partial charge >= 0.3 is 0 Å². The molecule has 1 aliphatic rings. The van der Waals surface area contributed by atoms with E-state index in [1.165, 1.54) is 11.0 Å². The van der Waals surface area contributed by atoms with Gasteiger partial charge in [0.05, 0.1) is 36.1 Å². The van der Waals surface area contributed by atoms with Crippen molar-refractivity contribution in [1.29, 1.82) is 0 Å². The Morgan fingerprint density at radius 1 is 0.943 bits per heavy atom. The second kappa shape index (κ2) is 9.93. The number of aryl methyl sites for hydroxylation is 1. The SMILES string of the molecule is CCOc1ccc(/C(O)=C2\C(=O)C(=O)N(c3ccccc3O)C2c2ccccc2C)c(OCC)c1. The number of ether oxygens (including phenoxy) is 2. The Balaban J connectivity index is 1.98. The lowest BCUT2D eigenvalue weighted by molar-refractivity contribution is -0.132. The molecule has 3 aromatic carbocycles. The van der Waals surface area contributed by atoms with Crippen LogP contribution in [-0.4, -0.2) is 35.1 Å². The van der Waals surface area contributed by atoms with Crippen molar-refractivity contribution in [2.45, 2.75) is 26.8 Å². The lowest BCUT2D eigenvalue weighted by Gasteiger charge is -2.27. The van der Waals surface area contributed by atoms with Crippen molar-refractivity contribution in [3.05, 3.63) is 89.0 Å². The van der Waals surface area contributed by atoms with E-state index in [-0.39, 0.29) is 28.3 Å². The molecule has 0 saturated carbocycles. The fourth-order valence-electron chi connectivity index (χ4n) is 4.31. The smallest absolute Gasteiger partial charge is 0.300 e. The van der Waals surface area contributed by atoms with Gasteiger partial charge < -0.3 is 19.7 Å². The van der Waals surface area contributed by atoms with Crippen LogP contribution < -0.4 is 14.4 Å². The minimum atomic E-state index is -0.953. The van der Waals surface area contributed by atoms with Crippen molar-refractivity contribution >= 4 is 23.1 Å². The fraction of sp³-hybridized carbons (Fsp3) is 0.214. The first-order valence-electron chi connectivity index (χ1n) is 11.4. The van der Waals surface area contributed by atoms with Crippen LogP contribution in [0.3, 0.4) is 0 Å². The highest BCUT2D eigenvalue weighted by Gasteiger charge is 2.48. The molecule has 4 rings (SSSR count). The zero-order valence-corrected chi connectivity index (χ0v) is 19.8. The number of rotatable bonds is 7. The average molecular weight is 474 g/mol. The van der Waals surface area contributed by atoms with Gasteiger partial charge in [-0.05, 0) is 56.2 Å². The zero-order chi connectivity index (χ0) is 25.1. The molecule has 1 saturated heterocycles. The van der Waals surface area contributed by atoms with E-state index in [1.807, 2.05) is 32.9 Å². The molecule has 1 aliphatic heterocycles. The Kier molecular flexibility index (Phi) is 6.78. The summed E-state index contributed by atoms with van der Waals surface area (Å²) in [4.78, 5) is 27.9. The number of carbonyl (C=O) groups is 2. The van der Waals surface area contributed by atoms with Crippen LogP contribution in [0.4, 0.5) is 5.69 Å². The van der Waals surface area contributed by atoms with Crippen molar-refractivity contribution in [2.24, 2.45) is 0 Å². The summed E-state index contributed by atoms with van der Waals surface area (Å²) in [5.41, 5.74) is 1.84. The molecular weight excluding hydrogens is 446 g/mol. The molecule has 1 unspecified atom stereocenters. The molecule has 0 aromatic heterocycles. The molecule has 7 heteroatoms. The van der Waals surface area contributed by atoms with Crippen LogP contribution in [0.25, 0.3) is 5.76 Å². The van der Waals surface area contributed by atoms with E-state index < -0.39 is 17.7 Å². The van der Waals surface area contributed by atoms with E-state index >= 15 is 0 Å². The first kappa shape index (κ1) is 23.9. The molecule has 1 heterocycles. The second-order valence-corrected chi connectivity index (χ2v) is 8.04. The van der Waals surface area contributed by atoms with Gasteiger partial charge in [0.25, 0.3) is 11.7 Å². The van der Waals surface area contributed by atoms with Crippen molar-refractivity contribution in [3.8, 4) is 17.2 Å². The van der Waals surface area contributed by atoms with Gasteiger partial charge in [0.1, 0.15) is 23.0 Å². The molecule has 0 radical (unpaired) electrons. The van der Waals surface area contributed by atoms with Gasteiger partial charge in [0.15, 0.2) is 0 Å². The largest absolute Gasteiger partial charge is 0.507 e. The van der Waals surface area contributed by atoms with Gasteiger partial charge in [-0.3, -0.25) is 14.5 Å². The number of amides is 1. The number of nitrogens with zero attached hydrogens (tertiary/aromatic N) is 1. The Labute approximate surface area is 203 Å². The third-order valence-corrected chi connectivity index (χ3v) is 5.89. The summed E-state index contributed by atoms with van der Waals surface area (Å²) >= 11 is 0. The molecule has 35 heavy (non-hydrogen) atoms. The van der Waals surface area contributed by atoms with Crippen molar-refractivity contribution in [1.82, 2.24) is 0 Å². The molecule has 0 aliphatic carbocycles. The standard InChI is InChI=1S/C28H27NO6/c1-4-34-18-14-15-20(23(16-18)35-5-2)26(31)24-25(19-11-7-6-10-17(19)3)29(28(33)27(24)32)21-12-8-9-13-22(21)30/h6-16,25,30-31H,4-5H2,1-3H3/b26-24+. The molecule has 0 spiro atoms. The average Bonchev–Trinajstić information content (AvgIpc) is 3.10. The van der Waals surface area contributed by atoms with Crippen LogP contribution in [0.5, 0.6) is 17.2 Å². The lowest BCUT2D eigenvalue weighted by Crippen LogP contribution is -2.29. The van der Waals surface area contributed by atoms with E-state index in [0.717, 1.165) is 5.56 Å². The third-order valence-electron chi connectivity index (χ3n) is 5.89. The molecule has 180 valence electrons. The summed E-state index contributed by atoms with van der Waals surface area (Å²) in [6.45, 7) is 6.31. The van der Waals surface area contributed by atoms with E-state index in [4.69, 9.17) is 9.47 Å². The summed E-state index contributed by atoms with van der Waals surface area (Å²) in [5.74, 6) is -1.32. The number of anilines is 1. The molecule has 1 atom stereocenters. The van der Waals surface area contributed by atoms with Crippen LogP contribution in [0.2, 0.25) is 0 Å². The number of aromatic hydroxyl groups is 1. The van der Waals surface area contributed by atoms with Crippen molar-refractivity contribution in [2.75, 3.05) is 18.1 Å². The van der Waals surface area contributed by atoms with Crippen LogP contribution in [0.15, 0.2) is 72.3 Å². The minimum absolute atomic E-state index is 0.0855. The Bertz CT molecular complexity index is 1310. The van der Waals surface area contributed by atoms with Crippen LogP contribution in [-0.2, 0) is 9.59 Å². The van der Waals surface area contributed by atoms with Gasteiger partial charge in [-0.25, -0.2) is 0 Å². The normalized spacial score (nSPS) is 17.0. The maximum absolute atomic E-state index is 13.4.